The Hall–Kier alpha value is -1.31. The molecule has 1 amide bonds. The van der Waals surface area contributed by atoms with Gasteiger partial charge in [0.05, 0.1) is 0 Å². The normalized spacial score (nSPS) is 20.4. The Kier molecular flexibility index (Phi) is 2.76. The predicted molar refractivity (Wildman–Crippen MR) is 60.8 cm³/mol. The minimum absolute atomic E-state index is 0.199. The minimum Gasteiger partial charge on any atom is -0.353 e. The Morgan fingerprint density at radius 2 is 2.20 bits per heavy atom. The summed E-state index contributed by atoms with van der Waals surface area (Å²) in [6.45, 7) is 4.24. The smallest absolute Gasteiger partial charge is 0.220 e. The first-order valence-electron chi connectivity index (χ1n) is 5.50. The van der Waals surface area contributed by atoms with Crippen LogP contribution in [0.2, 0.25) is 0 Å². The summed E-state index contributed by atoms with van der Waals surface area (Å²) in [5, 5.41) is 3.01. The van der Waals surface area contributed by atoms with Gasteiger partial charge in [-0.05, 0) is 37.8 Å². The van der Waals surface area contributed by atoms with E-state index in [9.17, 15) is 4.79 Å². The van der Waals surface area contributed by atoms with Crippen LogP contribution in [0.1, 0.15) is 29.5 Å². The monoisotopic (exact) mass is 203 g/mol. The molecule has 0 aromatic heterocycles. The fourth-order valence-electron chi connectivity index (χ4n) is 2.12. The second kappa shape index (κ2) is 4.05. The van der Waals surface area contributed by atoms with Crippen molar-refractivity contribution in [2.24, 2.45) is 0 Å². The number of amides is 1. The number of hydrogen-bond donors (Lipinski definition) is 1. The lowest BCUT2D eigenvalue weighted by Gasteiger charge is -2.12. The van der Waals surface area contributed by atoms with Crippen molar-refractivity contribution < 1.29 is 4.79 Å². The van der Waals surface area contributed by atoms with Crippen molar-refractivity contribution >= 4 is 5.91 Å². The van der Waals surface area contributed by atoms with Crippen LogP contribution < -0.4 is 5.32 Å². The zero-order chi connectivity index (χ0) is 10.8. The molecule has 1 fully saturated rings. The summed E-state index contributed by atoms with van der Waals surface area (Å²) < 4.78 is 0. The standard InChI is InChI=1S/C13H17NO/c1-9-3-4-10(2)11(7-9)8-12-5-6-13(15)14-12/h3-4,7,12H,5-6,8H2,1-2H3,(H,14,15). The molecular formula is C13H17NO. The number of nitrogens with one attached hydrogen (secondary N) is 1. The average Bonchev–Trinajstić information content (AvgIpc) is 2.58. The van der Waals surface area contributed by atoms with E-state index in [1.165, 1.54) is 16.7 Å². The number of rotatable bonds is 2. The summed E-state index contributed by atoms with van der Waals surface area (Å²) in [4.78, 5) is 11.1. The van der Waals surface area contributed by atoms with Crippen LogP contribution in [-0.4, -0.2) is 11.9 Å². The molecular weight excluding hydrogens is 186 g/mol. The molecule has 80 valence electrons. The first-order valence-corrected chi connectivity index (χ1v) is 5.50. The zero-order valence-electron chi connectivity index (χ0n) is 9.34. The van der Waals surface area contributed by atoms with Crippen LogP contribution in [0.5, 0.6) is 0 Å². The molecule has 1 aromatic carbocycles. The second-order valence-electron chi connectivity index (χ2n) is 4.44. The van der Waals surface area contributed by atoms with E-state index in [0.717, 1.165) is 12.8 Å². The van der Waals surface area contributed by atoms with Gasteiger partial charge in [0.25, 0.3) is 0 Å². The maximum absolute atomic E-state index is 11.1. The van der Waals surface area contributed by atoms with Crippen molar-refractivity contribution in [2.75, 3.05) is 0 Å². The van der Waals surface area contributed by atoms with Gasteiger partial charge in [-0.3, -0.25) is 4.79 Å². The zero-order valence-corrected chi connectivity index (χ0v) is 9.34. The number of carbonyl (C=O) groups is 1. The molecule has 1 aliphatic rings. The summed E-state index contributed by atoms with van der Waals surface area (Å²) in [5.74, 6) is 0.199. The van der Waals surface area contributed by atoms with Crippen molar-refractivity contribution in [2.45, 2.75) is 39.2 Å². The molecule has 2 heteroatoms. The Morgan fingerprint density at radius 1 is 1.40 bits per heavy atom. The van der Waals surface area contributed by atoms with Crippen LogP contribution in [0.15, 0.2) is 18.2 Å². The molecule has 1 aliphatic heterocycles. The molecule has 0 spiro atoms. The number of benzene rings is 1. The van der Waals surface area contributed by atoms with E-state index >= 15 is 0 Å². The molecule has 2 nitrogen and oxygen atoms in total. The van der Waals surface area contributed by atoms with Crippen LogP contribution in [0.25, 0.3) is 0 Å². The summed E-state index contributed by atoms with van der Waals surface area (Å²) in [5.41, 5.74) is 3.98. The molecule has 1 aromatic rings. The third kappa shape index (κ3) is 2.38. The van der Waals surface area contributed by atoms with Gasteiger partial charge in [-0.2, -0.15) is 0 Å². The van der Waals surface area contributed by atoms with Gasteiger partial charge in [0.1, 0.15) is 0 Å². The first kappa shape index (κ1) is 10.2. The SMILES string of the molecule is Cc1ccc(C)c(CC2CCC(=O)N2)c1. The summed E-state index contributed by atoms with van der Waals surface area (Å²) in [7, 11) is 0. The highest BCUT2D eigenvalue weighted by atomic mass is 16.1. The Balaban J connectivity index is 2.10. The highest BCUT2D eigenvalue weighted by molar-refractivity contribution is 5.78. The maximum Gasteiger partial charge on any atom is 0.220 e. The number of aryl methyl sites for hydroxylation is 2. The lowest BCUT2D eigenvalue weighted by molar-refractivity contribution is -0.119. The van der Waals surface area contributed by atoms with Crippen molar-refractivity contribution in [3.8, 4) is 0 Å². The average molecular weight is 203 g/mol. The molecule has 1 saturated heterocycles. The van der Waals surface area contributed by atoms with Gasteiger partial charge in [-0.25, -0.2) is 0 Å². The molecule has 0 saturated carbocycles. The molecule has 0 aliphatic carbocycles. The largest absolute Gasteiger partial charge is 0.353 e. The molecule has 15 heavy (non-hydrogen) atoms. The molecule has 0 bridgehead atoms. The van der Waals surface area contributed by atoms with Crippen molar-refractivity contribution in [1.29, 1.82) is 0 Å². The van der Waals surface area contributed by atoms with Crippen molar-refractivity contribution in [3.63, 3.8) is 0 Å². The van der Waals surface area contributed by atoms with E-state index in [1.807, 2.05) is 0 Å². The second-order valence-corrected chi connectivity index (χ2v) is 4.44. The highest BCUT2D eigenvalue weighted by Crippen LogP contribution is 2.17. The summed E-state index contributed by atoms with van der Waals surface area (Å²) in [6.07, 6.45) is 2.64. The topological polar surface area (TPSA) is 29.1 Å². The summed E-state index contributed by atoms with van der Waals surface area (Å²) >= 11 is 0. The summed E-state index contributed by atoms with van der Waals surface area (Å²) in [6, 6.07) is 6.85. The van der Waals surface area contributed by atoms with E-state index in [-0.39, 0.29) is 5.91 Å². The third-order valence-electron chi connectivity index (χ3n) is 3.06. The lowest BCUT2D eigenvalue weighted by atomic mass is 9.98. The Morgan fingerprint density at radius 3 is 2.87 bits per heavy atom. The van der Waals surface area contributed by atoms with Crippen molar-refractivity contribution in [1.82, 2.24) is 5.32 Å². The van der Waals surface area contributed by atoms with Crippen LogP contribution in [0.3, 0.4) is 0 Å². The lowest BCUT2D eigenvalue weighted by Crippen LogP contribution is -2.27. The molecule has 0 radical (unpaired) electrons. The van der Waals surface area contributed by atoms with Gasteiger partial charge in [0.15, 0.2) is 0 Å². The molecule has 1 atom stereocenters. The van der Waals surface area contributed by atoms with E-state index in [2.05, 4.69) is 37.4 Å². The maximum atomic E-state index is 11.1. The third-order valence-corrected chi connectivity index (χ3v) is 3.06. The van der Waals surface area contributed by atoms with Crippen LogP contribution in [0, 0.1) is 13.8 Å². The number of carbonyl (C=O) groups excluding carboxylic acids is 1. The molecule has 2 rings (SSSR count). The van der Waals surface area contributed by atoms with E-state index in [1.54, 1.807) is 0 Å². The fourth-order valence-corrected chi connectivity index (χ4v) is 2.12. The van der Waals surface area contributed by atoms with Crippen LogP contribution in [-0.2, 0) is 11.2 Å². The van der Waals surface area contributed by atoms with Crippen molar-refractivity contribution in [3.05, 3.63) is 34.9 Å². The van der Waals surface area contributed by atoms with Crippen LogP contribution in [0.4, 0.5) is 0 Å². The van der Waals surface area contributed by atoms with Gasteiger partial charge in [0.2, 0.25) is 5.91 Å². The quantitative estimate of drug-likeness (QED) is 0.783. The predicted octanol–water partition coefficient (Wildman–Crippen LogP) is 2.12. The van der Waals surface area contributed by atoms with Gasteiger partial charge >= 0.3 is 0 Å². The van der Waals surface area contributed by atoms with E-state index in [0.29, 0.717) is 12.5 Å². The van der Waals surface area contributed by atoms with Gasteiger partial charge in [-0.1, -0.05) is 23.8 Å². The molecule has 1 unspecified atom stereocenters. The number of hydrogen-bond acceptors (Lipinski definition) is 1. The van der Waals surface area contributed by atoms with Gasteiger partial charge in [-0.15, -0.1) is 0 Å². The Labute approximate surface area is 90.7 Å². The Bertz CT molecular complexity index is 384. The highest BCUT2D eigenvalue weighted by Gasteiger charge is 2.21. The van der Waals surface area contributed by atoms with Crippen LogP contribution >= 0.6 is 0 Å². The molecule has 1 N–H and O–H groups in total. The molecule has 1 heterocycles. The van der Waals surface area contributed by atoms with Gasteiger partial charge < -0.3 is 5.32 Å². The van der Waals surface area contributed by atoms with Gasteiger partial charge in [0, 0.05) is 12.5 Å². The first-order chi connectivity index (χ1) is 7.15. The minimum atomic E-state index is 0.199. The fraction of sp³-hybridized carbons (Fsp3) is 0.462. The van der Waals surface area contributed by atoms with E-state index < -0.39 is 0 Å². The van der Waals surface area contributed by atoms with E-state index in [4.69, 9.17) is 0 Å².